The van der Waals surface area contributed by atoms with Gasteiger partial charge >= 0.3 is 11.9 Å². The Morgan fingerprint density at radius 3 is 2.35 bits per heavy atom. The van der Waals surface area contributed by atoms with Gasteiger partial charge in [-0.1, -0.05) is 49.7 Å². The Balaban J connectivity index is 1.85. The number of hydrogen-bond donors (Lipinski definition) is 2. The highest BCUT2D eigenvalue weighted by Gasteiger charge is 2.26. The lowest BCUT2D eigenvalue weighted by atomic mass is 9.98. The van der Waals surface area contributed by atoms with Gasteiger partial charge in [0.25, 0.3) is 0 Å². The highest BCUT2D eigenvalue weighted by molar-refractivity contribution is 7.16. The minimum Gasteiger partial charge on any atom is -0.478 e. The molecule has 6 nitrogen and oxygen atoms in total. The van der Waals surface area contributed by atoms with Gasteiger partial charge in [0.2, 0.25) is 0 Å². The number of hydrogen-bond acceptors (Lipinski definition) is 6. The molecule has 8 heteroatoms. The predicted octanol–water partition coefficient (Wildman–Crippen LogP) is 7.28. The van der Waals surface area contributed by atoms with Crippen LogP contribution in [0.5, 0.6) is 0 Å². The summed E-state index contributed by atoms with van der Waals surface area (Å²) >= 11 is 7.99. The van der Waals surface area contributed by atoms with Gasteiger partial charge in [-0.25, -0.2) is 9.78 Å². The SMILES string of the molecule is Cc1ccc(-c2nc(NCC(Cc3ccc(C(=O)O)cc3)C(=O)OC(C)(C)C)sc2CC(C)C)cc1Cl. The van der Waals surface area contributed by atoms with Crippen LogP contribution in [0, 0.1) is 18.8 Å². The maximum atomic E-state index is 13.1. The summed E-state index contributed by atoms with van der Waals surface area (Å²) in [4.78, 5) is 30.3. The first-order valence-corrected chi connectivity index (χ1v) is 13.6. The van der Waals surface area contributed by atoms with Crippen LogP contribution >= 0.6 is 22.9 Å². The topological polar surface area (TPSA) is 88.5 Å². The maximum Gasteiger partial charge on any atom is 0.335 e. The molecule has 0 aliphatic rings. The van der Waals surface area contributed by atoms with Crippen molar-refractivity contribution in [3.05, 3.63) is 69.1 Å². The van der Waals surface area contributed by atoms with Gasteiger partial charge in [0.15, 0.2) is 5.13 Å². The zero-order valence-electron chi connectivity index (χ0n) is 22.2. The van der Waals surface area contributed by atoms with Gasteiger partial charge < -0.3 is 15.2 Å². The number of carboxylic acids is 1. The molecule has 0 aliphatic heterocycles. The molecule has 1 atom stereocenters. The second-order valence-corrected chi connectivity index (χ2v) is 12.2. The number of aromatic carboxylic acids is 1. The zero-order chi connectivity index (χ0) is 27.3. The van der Waals surface area contributed by atoms with Crippen LogP contribution in [-0.2, 0) is 22.4 Å². The first-order valence-electron chi connectivity index (χ1n) is 12.4. The summed E-state index contributed by atoms with van der Waals surface area (Å²) in [5.74, 6) is -1.32. The van der Waals surface area contributed by atoms with E-state index in [-0.39, 0.29) is 11.5 Å². The van der Waals surface area contributed by atoms with Crippen LogP contribution in [0.4, 0.5) is 5.13 Å². The van der Waals surface area contributed by atoms with E-state index < -0.39 is 17.5 Å². The Morgan fingerprint density at radius 1 is 1.11 bits per heavy atom. The van der Waals surface area contributed by atoms with Crippen LogP contribution in [0.15, 0.2) is 42.5 Å². The number of benzene rings is 2. The predicted molar refractivity (Wildman–Crippen MR) is 151 cm³/mol. The maximum absolute atomic E-state index is 13.1. The molecule has 2 aromatic carbocycles. The molecule has 3 rings (SSSR count). The fraction of sp³-hybridized carbons (Fsp3) is 0.414. The second kappa shape index (κ2) is 12.1. The van der Waals surface area contributed by atoms with Crippen LogP contribution in [0.25, 0.3) is 11.3 Å². The summed E-state index contributed by atoms with van der Waals surface area (Å²) in [6.07, 6.45) is 1.29. The number of carbonyl (C=O) groups excluding carboxylic acids is 1. The fourth-order valence-electron chi connectivity index (χ4n) is 3.80. The lowest BCUT2D eigenvalue weighted by Gasteiger charge is -2.24. The largest absolute Gasteiger partial charge is 0.478 e. The molecular weight excluding hydrogens is 508 g/mol. The van der Waals surface area contributed by atoms with Gasteiger partial charge in [-0.15, -0.1) is 11.3 Å². The van der Waals surface area contributed by atoms with Crippen molar-refractivity contribution < 1.29 is 19.4 Å². The number of carbonyl (C=O) groups is 2. The molecule has 0 radical (unpaired) electrons. The molecule has 0 amide bonds. The quantitative estimate of drug-likeness (QED) is 0.262. The van der Waals surface area contributed by atoms with Gasteiger partial charge in [0, 0.05) is 22.0 Å². The van der Waals surface area contributed by atoms with Gasteiger partial charge in [-0.3, -0.25) is 4.79 Å². The van der Waals surface area contributed by atoms with Crippen LogP contribution in [0.3, 0.4) is 0 Å². The molecule has 37 heavy (non-hydrogen) atoms. The molecule has 2 N–H and O–H groups in total. The lowest BCUT2D eigenvalue weighted by Crippen LogP contribution is -2.33. The molecule has 1 unspecified atom stereocenters. The average Bonchev–Trinajstić information content (AvgIpc) is 3.19. The summed E-state index contributed by atoms with van der Waals surface area (Å²) < 4.78 is 5.69. The summed E-state index contributed by atoms with van der Waals surface area (Å²) in [7, 11) is 0. The van der Waals surface area contributed by atoms with E-state index in [1.165, 1.54) is 0 Å². The summed E-state index contributed by atoms with van der Waals surface area (Å²) in [5.41, 5.74) is 3.34. The number of carboxylic acid groups (broad SMARTS) is 1. The van der Waals surface area contributed by atoms with Crippen molar-refractivity contribution in [1.82, 2.24) is 4.98 Å². The minimum absolute atomic E-state index is 0.208. The van der Waals surface area contributed by atoms with Gasteiger partial charge in [-0.2, -0.15) is 0 Å². The molecular formula is C29H35ClN2O4S. The van der Waals surface area contributed by atoms with Crippen LogP contribution < -0.4 is 5.32 Å². The van der Waals surface area contributed by atoms with Crippen molar-refractivity contribution in [1.29, 1.82) is 0 Å². The van der Waals surface area contributed by atoms with E-state index in [2.05, 4.69) is 19.2 Å². The third-order valence-corrected chi connectivity index (χ3v) is 7.10. The third kappa shape index (κ3) is 8.30. The Morgan fingerprint density at radius 2 is 1.78 bits per heavy atom. The summed E-state index contributed by atoms with van der Waals surface area (Å²) in [6, 6.07) is 12.6. The molecule has 0 aliphatic carbocycles. The van der Waals surface area contributed by atoms with Crippen molar-refractivity contribution in [2.75, 3.05) is 11.9 Å². The number of aryl methyl sites for hydroxylation is 1. The highest BCUT2D eigenvalue weighted by atomic mass is 35.5. The highest BCUT2D eigenvalue weighted by Crippen LogP contribution is 2.35. The van der Waals surface area contributed by atoms with E-state index in [9.17, 15) is 14.7 Å². The van der Waals surface area contributed by atoms with Crippen molar-refractivity contribution in [2.45, 2.75) is 60.0 Å². The number of aromatic nitrogens is 1. The van der Waals surface area contributed by atoms with E-state index in [0.29, 0.717) is 23.9 Å². The third-order valence-electron chi connectivity index (χ3n) is 5.66. The normalized spacial score (nSPS) is 12.4. The van der Waals surface area contributed by atoms with Crippen molar-refractivity contribution in [3.8, 4) is 11.3 Å². The van der Waals surface area contributed by atoms with Crippen LogP contribution in [0.2, 0.25) is 5.02 Å². The number of rotatable bonds is 10. The van der Waals surface area contributed by atoms with Crippen molar-refractivity contribution in [3.63, 3.8) is 0 Å². The van der Waals surface area contributed by atoms with E-state index in [1.807, 2.05) is 45.9 Å². The first-order chi connectivity index (χ1) is 17.3. The number of halogens is 1. The Hall–Kier alpha value is -2.90. The van der Waals surface area contributed by atoms with Gasteiger partial charge in [0.05, 0.1) is 17.2 Å². The molecule has 198 valence electrons. The second-order valence-electron chi connectivity index (χ2n) is 10.7. The minimum atomic E-state index is -0.983. The van der Waals surface area contributed by atoms with E-state index >= 15 is 0 Å². The zero-order valence-corrected chi connectivity index (χ0v) is 23.8. The van der Waals surface area contributed by atoms with Crippen molar-refractivity contribution in [2.24, 2.45) is 11.8 Å². The molecule has 0 saturated carbocycles. The van der Waals surface area contributed by atoms with Crippen LogP contribution in [-0.4, -0.2) is 34.2 Å². The van der Waals surface area contributed by atoms with E-state index in [4.69, 9.17) is 21.3 Å². The standard InChI is InChI=1S/C29H35ClN2O4S/c1-17(2)13-24-25(21-10-7-18(3)23(30)15-21)32-28(37-24)31-16-22(27(35)36-29(4,5)6)14-19-8-11-20(12-9-19)26(33)34/h7-12,15,17,22H,13-14,16H2,1-6H3,(H,31,32)(H,33,34). The Bertz CT molecular complexity index is 1250. The molecule has 1 aromatic heterocycles. The molecule has 0 saturated heterocycles. The summed E-state index contributed by atoms with van der Waals surface area (Å²) in [5, 5.41) is 14.0. The molecule has 0 bridgehead atoms. The average molecular weight is 543 g/mol. The summed E-state index contributed by atoms with van der Waals surface area (Å²) in [6.45, 7) is 12.2. The number of ether oxygens (including phenoxy) is 1. The van der Waals surface area contributed by atoms with E-state index in [1.54, 1.807) is 35.6 Å². The number of esters is 1. The lowest BCUT2D eigenvalue weighted by molar-refractivity contribution is -0.159. The van der Waals surface area contributed by atoms with Crippen molar-refractivity contribution >= 4 is 40.0 Å². The fourth-order valence-corrected chi connectivity index (χ4v) is 5.19. The smallest absolute Gasteiger partial charge is 0.335 e. The molecule has 0 spiro atoms. The van der Waals surface area contributed by atoms with Crippen LogP contribution in [0.1, 0.15) is 61.0 Å². The number of nitrogens with zero attached hydrogens (tertiary/aromatic N) is 1. The molecule has 1 heterocycles. The number of anilines is 1. The monoisotopic (exact) mass is 542 g/mol. The van der Waals surface area contributed by atoms with Gasteiger partial charge in [-0.05, 0) is 75.8 Å². The Kier molecular flexibility index (Phi) is 9.37. The number of thiazole rings is 1. The van der Waals surface area contributed by atoms with E-state index in [0.717, 1.165) is 38.8 Å². The Labute approximate surface area is 228 Å². The molecule has 3 aromatic rings. The first kappa shape index (κ1) is 28.7. The molecule has 0 fully saturated rings. The van der Waals surface area contributed by atoms with Gasteiger partial charge in [0.1, 0.15) is 5.60 Å². The number of nitrogens with one attached hydrogen (secondary N) is 1.